The number of hydrogen-bond donors (Lipinski definition) is 2. The molecule has 0 aliphatic carbocycles. The first kappa shape index (κ1) is 26.3. The molecule has 0 radical (unpaired) electrons. The van der Waals surface area contributed by atoms with Gasteiger partial charge in [0, 0.05) is 34.8 Å². The molecule has 0 bridgehead atoms. The fourth-order valence-electron chi connectivity index (χ4n) is 2.44. The molecule has 0 amide bonds. The van der Waals surface area contributed by atoms with Crippen molar-refractivity contribution in [2.75, 3.05) is 0 Å². The maximum atomic E-state index is 13.3. The van der Waals surface area contributed by atoms with Crippen molar-refractivity contribution in [3.05, 3.63) is 113 Å². The van der Waals surface area contributed by atoms with Gasteiger partial charge in [-0.15, -0.1) is 0 Å². The number of aromatic nitrogens is 2. The van der Waals surface area contributed by atoms with Crippen LogP contribution in [0, 0.1) is 34.3 Å². The Balaban J connectivity index is 0.000000192. The minimum Gasteiger partial charge on any atom is -0.423 e. The topological polar surface area (TPSA) is 114 Å². The molecule has 0 fully saturated rings. The van der Waals surface area contributed by atoms with E-state index in [1.165, 1.54) is 24.3 Å². The zero-order valence-corrected chi connectivity index (χ0v) is 19.1. The molecule has 34 heavy (non-hydrogen) atoms. The van der Waals surface area contributed by atoms with Crippen molar-refractivity contribution in [2.45, 2.75) is 0 Å². The summed E-state index contributed by atoms with van der Waals surface area (Å²) in [5.41, 5.74) is 1.54. The largest absolute Gasteiger partial charge is 0.488 e. The van der Waals surface area contributed by atoms with Gasteiger partial charge in [0.25, 0.3) is 0 Å². The Morgan fingerprint density at radius 2 is 1.35 bits per heavy atom. The van der Waals surface area contributed by atoms with Crippen molar-refractivity contribution in [3.63, 3.8) is 0 Å². The van der Waals surface area contributed by atoms with Gasteiger partial charge in [-0.3, -0.25) is 9.97 Å². The van der Waals surface area contributed by atoms with E-state index in [0.717, 1.165) is 21.7 Å². The maximum Gasteiger partial charge on any atom is 0.488 e. The summed E-state index contributed by atoms with van der Waals surface area (Å²) in [4.78, 5) is 7.78. The second-order valence-electron chi connectivity index (χ2n) is 6.44. The van der Waals surface area contributed by atoms with Crippen LogP contribution in [0.1, 0.15) is 11.1 Å². The number of benzene rings is 2. The highest BCUT2D eigenvalue weighted by molar-refractivity contribution is 9.10. The van der Waals surface area contributed by atoms with Crippen LogP contribution in [0.15, 0.2) is 89.9 Å². The van der Waals surface area contributed by atoms with Crippen molar-refractivity contribution >= 4 is 28.5 Å². The highest BCUT2D eigenvalue weighted by Crippen LogP contribution is 2.20. The molecule has 2 aromatic carbocycles. The Hall–Kier alpha value is -3.96. The third kappa shape index (κ3) is 8.19. The van der Waals surface area contributed by atoms with E-state index in [1.54, 1.807) is 49.1 Å². The van der Waals surface area contributed by atoms with Crippen LogP contribution >= 0.6 is 15.9 Å². The first-order valence-corrected chi connectivity index (χ1v) is 10.4. The lowest BCUT2D eigenvalue weighted by molar-refractivity contribution is 0.425. The summed E-state index contributed by atoms with van der Waals surface area (Å²) in [6, 6.07) is 18.8. The zero-order valence-electron chi connectivity index (χ0n) is 17.5. The van der Waals surface area contributed by atoms with E-state index >= 15 is 0 Å². The van der Waals surface area contributed by atoms with Crippen molar-refractivity contribution < 1.29 is 18.8 Å². The lowest BCUT2D eigenvalue weighted by Gasteiger charge is -2.01. The molecule has 0 atom stereocenters. The molecular weight excluding hydrogens is 505 g/mol. The molecule has 0 saturated heterocycles. The molecule has 2 N–H and O–H groups in total. The Morgan fingerprint density at radius 3 is 1.76 bits per heavy atom. The average molecular weight is 521 g/mol. The number of nitriles is 2. The number of hydrogen-bond acceptors (Lipinski definition) is 6. The summed E-state index contributed by atoms with van der Waals surface area (Å²) < 4.78 is 27.1. The van der Waals surface area contributed by atoms with Gasteiger partial charge in [-0.05, 0) is 69.4 Å². The molecular formula is C24H16BBrF2N4O2. The summed E-state index contributed by atoms with van der Waals surface area (Å²) in [5.74, 6) is -1.25. The molecule has 168 valence electrons. The van der Waals surface area contributed by atoms with Gasteiger partial charge in [-0.25, -0.2) is 8.78 Å². The summed E-state index contributed by atoms with van der Waals surface area (Å²) in [7, 11) is -1.70. The molecule has 0 saturated carbocycles. The molecule has 4 aromatic rings. The van der Waals surface area contributed by atoms with Crippen LogP contribution < -0.4 is 5.46 Å². The number of halogens is 3. The summed E-state index contributed by atoms with van der Waals surface area (Å²) >= 11 is 3.25. The van der Waals surface area contributed by atoms with E-state index in [4.69, 9.17) is 20.6 Å². The molecule has 0 unspecified atom stereocenters. The predicted octanol–water partition coefficient (Wildman–Crippen LogP) is 3.98. The summed E-state index contributed by atoms with van der Waals surface area (Å²) in [5, 5.41) is 34.1. The molecule has 0 spiro atoms. The van der Waals surface area contributed by atoms with Crippen LogP contribution in [0.4, 0.5) is 8.78 Å². The van der Waals surface area contributed by atoms with E-state index in [-0.39, 0.29) is 16.6 Å². The van der Waals surface area contributed by atoms with Crippen LogP contribution in [0.5, 0.6) is 0 Å². The van der Waals surface area contributed by atoms with E-state index in [9.17, 15) is 8.78 Å². The average Bonchev–Trinajstić information content (AvgIpc) is 2.85. The highest BCUT2D eigenvalue weighted by atomic mass is 79.9. The van der Waals surface area contributed by atoms with Crippen LogP contribution in [-0.4, -0.2) is 27.1 Å². The van der Waals surface area contributed by atoms with Crippen LogP contribution in [0.3, 0.4) is 0 Å². The Bertz CT molecular complexity index is 1300. The molecule has 2 aromatic heterocycles. The lowest BCUT2D eigenvalue weighted by Crippen LogP contribution is -2.30. The van der Waals surface area contributed by atoms with E-state index in [2.05, 4.69) is 25.9 Å². The van der Waals surface area contributed by atoms with Crippen molar-refractivity contribution in [2.24, 2.45) is 0 Å². The van der Waals surface area contributed by atoms with Crippen molar-refractivity contribution in [1.29, 1.82) is 10.5 Å². The fourth-order valence-corrected chi connectivity index (χ4v) is 2.71. The van der Waals surface area contributed by atoms with E-state index in [1.807, 2.05) is 18.2 Å². The van der Waals surface area contributed by atoms with Gasteiger partial charge < -0.3 is 10.0 Å². The first-order chi connectivity index (χ1) is 16.3. The van der Waals surface area contributed by atoms with Gasteiger partial charge in [0.15, 0.2) is 0 Å². The molecule has 2 heterocycles. The van der Waals surface area contributed by atoms with Crippen LogP contribution in [0.25, 0.3) is 11.1 Å². The van der Waals surface area contributed by atoms with Gasteiger partial charge in [0.1, 0.15) is 23.8 Å². The molecule has 4 rings (SSSR count). The Morgan fingerprint density at radius 1 is 0.765 bits per heavy atom. The summed E-state index contributed by atoms with van der Waals surface area (Å²) in [6.45, 7) is 0. The third-order valence-electron chi connectivity index (χ3n) is 4.12. The fraction of sp³-hybridized carbons (Fsp3) is 0. The minimum absolute atomic E-state index is 0.0338. The molecule has 10 heteroatoms. The monoisotopic (exact) mass is 520 g/mol. The molecule has 0 aliphatic heterocycles. The number of rotatable bonds is 2. The van der Waals surface area contributed by atoms with Crippen molar-refractivity contribution in [3.8, 4) is 23.3 Å². The predicted molar refractivity (Wildman–Crippen MR) is 127 cm³/mol. The van der Waals surface area contributed by atoms with Gasteiger partial charge in [0.2, 0.25) is 0 Å². The van der Waals surface area contributed by atoms with E-state index in [0.29, 0.717) is 0 Å². The molecule has 6 nitrogen and oxygen atoms in total. The second-order valence-corrected chi connectivity index (χ2v) is 7.36. The lowest BCUT2D eigenvalue weighted by atomic mass is 9.80. The van der Waals surface area contributed by atoms with Crippen LogP contribution in [0.2, 0.25) is 0 Å². The second kappa shape index (κ2) is 13.6. The van der Waals surface area contributed by atoms with Gasteiger partial charge >= 0.3 is 7.12 Å². The van der Waals surface area contributed by atoms with Gasteiger partial charge in [-0.2, -0.15) is 10.5 Å². The normalized spacial score (nSPS) is 9.26. The standard InChI is InChI=1S/C12H7FN2.C7H5BFNO2.C5H4BrN/c13-12-6-9(3-4-10(12)7-14)11-2-1-5-15-8-11;9-7-3-6(8(11)12)2-1-5(7)4-10;6-5-2-1-3-7-4-5/h1-6,8H;1-3,11-12H;1-4H. The quantitative estimate of drug-likeness (QED) is 0.386. The highest BCUT2D eigenvalue weighted by Gasteiger charge is 2.12. The van der Waals surface area contributed by atoms with Crippen molar-refractivity contribution in [1.82, 2.24) is 9.97 Å². The SMILES string of the molecule is Brc1cccnc1.N#Cc1ccc(-c2cccnc2)cc1F.N#Cc1ccc(B(O)O)cc1F. The van der Waals surface area contributed by atoms with Crippen LogP contribution in [-0.2, 0) is 0 Å². The third-order valence-corrected chi connectivity index (χ3v) is 4.59. The summed E-state index contributed by atoms with van der Waals surface area (Å²) in [6.07, 6.45) is 6.80. The minimum atomic E-state index is -1.70. The first-order valence-electron chi connectivity index (χ1n) is 9.57. The Kier molecular flexibility index (Phi) is 10.5. The van der Waals surface area contributed by atoms with Gasteiger partial charge in [-0.1, -0.05) is 18.2 Å². The van der Waals surface area contributed by atoms with E-state index < -0.39 is 18.8 Å². The maximum absolute atomic E-state index is 13.3. The molecule has 0 aliphatic rings. The smallest absolute Gasteiger partial charge is 0.423 e. The number of pyridine rings is 2. The Labute approximate surface area is 203 Å². The van der Waals surface area contributed by atoms with Gasteiger partial charge in [0.05, 0.1) is 11.1 Å². The number of nitrogens with zero attached hydrogens (tertiary/aromatic N) is 4. The zero-order chi connectivity index (χ0) is 24.9.